The van der Waals surface area contributed by atoms with Crippen molar-refractivity contribution in [3.05, 3.63) is 233 Å². The number of pyridine rings is 2. The molecule has 33 heteroatoms. The first-order chi connectivity index (χ1) is 59.4. The molecule has 28 nitrogen and oxygen atoms in total. The number of nitro groups is 2. The van der Waals surface area contributed by atoms with Crippen molar-refractivity contribution in [2.75, 3.05) is 108 Å². The molecule has 4 aliphatic carbocycles. The number of amides is 2. The number of nitro benzene ring substituents is 1. The molecule has 123 heavy (non-hydrogen) atoms. The van der Waals surface area contributed by atoms with Gasteiger partial charge in [0.25, 0.3) is 37.5 Å². The van der Waals surface area contributed by atoms with E-state index >= 15 is 4.39 Å². The summed E-state index contributed by atoms with van der Waals surface area (Å²) in [5.41, 5.74) is 11.0. The number of hydrogen-bond donors (Lipinski definition) is 4. The fraction of sp³-hybridized carbons (Fsp3) is 0.400. The van der Waals surface area contributed by atoms with E-state index in [9.17, 15) is 46.7 Å². The van der Waals surface area contributed by atoms with Crippen molar-refractivity contribution in [1.82, 2.24) is 43.7 Å². The van der Waals surface area contributed by atoms with Crippen molar-refractivity contribution in [3.63, 3.8) is 0 Å². The van der Waals surface area contributed by atoms with Crippen LogP contribution in [0, 0.1) is 42.8 Å². The van der Waals surface area contributed by atoms with Gasteiger partial charge >= 0.3 is 5.82 Å². The lowest BCUT2D eigenvalue weighted by Gasteiger charge is -2.47. The van der Waals surface area contributed by atoms with E-state index in [1.54, 1.807) is 48.8 Å². The minimum atomic E-state index is -4.69. The Hall–Kier alpha value is -10.6. The van der Waals surface area contributed by atoms with Gasteiger partial charge in [0.15, 0.2) is 0 Å². The van der Waals surface area contributed by atoms with Gasteiger partial charge in [-0.3, -0.25) is 29.5 Å². The zero-order valence-electron chi connectivity index (χ0n) is 67.9. The lowest BCUT2D eigenvalue weighted by atomic mass is 9.59. The highest BCUT2D eigenvalue weighted by molar-refractivity contribution is 7.90. The molecule has 0 radical (unpaired) electrons. The smallest absolute Gasteiger partial charge is 0.324 e. The zero-order chi connectivity index (χ0) is 85.2. The number of fused-ring (bicyclic) bond motifs is 2. The summed E-state index contributed by atoms with van der Waals surface area (Å²) in [6, 6.07) is 35.5. The quantitative estimate of drug-likeness (QED) is 0.0305. The number of benzene rings is 5. The number of aromatic amines is 2. The third-order valence-electron chi connectivity index (χ3n) is 25.9. The number of H-pyrrole nitrogens is 2. The summed E-state index contributed by atoms with van der Waals surface area (Å²) in [7, 11) is -9.21. The van der Waals surface area contributed by atoms with E-state index in [2.05, 4.69) is 63.6 Å². The van der Waals surface area contributed by atoms with E-state index in [0.29, 0.717) is 117 Å². The first-order valence-electron chi connectivity index (χ1n) is 42.0. The molecule has 18 rings (SSSR count). The molecule has 8 aliphatic rings. The Labute approximate surface area is 721 Å². The van der Waals surface area contributed by atoms with Crippen molar-refractivity contribution < 1.29 is 64.3 Å². The van der Waals surface area contributed by atoms with Crippen molar-refractivity contribution in [2.24, 2.45) is 16.7 Å². The van der Waals surface area contributed by atoms with E-state index in [4.69, 9.17) is 46.9 Å². The molecule has 10 aromatic rings. The van der Waals surface area contributed by atoms with Gasteiger partial charge < -0.3 is 53.6 Å². The number of allylic oxidation sites excluding steroid dienone is 2. The molecule has 0 unspecified atom stereocenters. The maximum atomic E-state index is 16.3. The lowest BCUT2D eigenvalue weighted by molar-refractivity contribution is -0.392. The average Bonchev–Trinajstić information content (AvgIpc) is 1.76. The van der Waals surface area contributed by atoms with Crippen LogP contribution in [-0.4, -0.2) is 177 Å². The van der Waals surface area contributed by atoms with Gasteiger partial charge in [-0.1, -0.05) is 77.5 Å². The lowest BCUT2D eigenvalue weighted by Crippen LogP contribution is -2.47. The molecule has 644 valence electrons. The average molecular weight is 1750 g/mol. The third kappa shape index (κ3) is 19.4. The number of ether oxygens (including phenoxy) is 5. The number of aromatic nitrogens is 5. The molecule has 4 saturated heterocycles. The van der Waals surface area contributed by atoms with Crippen molar-refractivity contribution in [3.8, 4) is 23.0 Å². The molecule has 5 aromatic heterocycles. The minimum absolute atomic E-state index is 0.0190. The van der Waals surface area contributed by atoms with Gasteiger partial charge in [-0.25, -0.2) is 45.2 Å². The summed E-state index contributed by atoms with van der Waals surface area (Å²) >= 11 is 12.5. The number of nitrogens with one attached hydrogen (secondary N) is 4. The van der Waals surface area contributed by atoms with Crippen LogP contribution in [0.1, 0.15) is 134 Å². The van der Waals surface area contributed by atoms with Gasteiger partial charge in [0.1, 0.15) is 51.2 Å². The van der Waals surface area contributed by atoms with Crippen molar-refractivity contribution in [1.29, 1.82) is 0 Å². The molecular formula is C90H96Cl2FN13O15S2. The standard InChI is InChI=1S/C46H48ClFN6O8S.C44H48ClN7O7S/c47-34-6-2-30(3-7-34)39-26-46(12-1-13-46)14-10-33(39)28-52-16-18-53(19-17-52)42-25-43(62-36-22-32-11-15-49-44(32)50-27-36)38(24-40(42)48)45(55)51-63(58,59)37-9-5-31(41(23-37)54(56)57)4-8-35-29-60-20-21-61-35;45-34-4-2-31(3-5-34)39-25-44(12-1-13-44)14-8-33(39)28-49-16-18-50(19-17-49)35-6-7-38(40(23-35)59-36-22-32-9-15-46-42(32)47-26-36)43(53)48-60(56,57)37-24-41(52(54)55)51(29-37)27-30-10-20-58-21-11-30/h2-3,5-7,9,11,15,22-25,27,35H,1,4,8,10,12-14,16-21,26,28-29H2,(H,49,50)(H,51,55);2-7,9,15,22-24,26,29-30H,1,8,10-14,16-21,25,27-28H2,(H,46,47)(H,48,53)/t35-;/m0./s1. The summed E-state index contributed by atoms with van der Waals surface area (Å²) in [5, 5.41) is 27.0. The van der Waals surface area contributed by atoms with Gasteiger partial charge in [0.05, 0.1) is 77.6 Å². The van der Waals surface area contributed by atoms with E-state index < -0.39 is 63.7 Å². The second-order valence-electron chi connectivity index (χ2n) is 33.6. The molecule has 2 amide bonds. The largest absolute Gasteiger partial charge is 0.455 e. The van der Waals surface area contributed by atoms with Crippen LogP contribution in [0.25, 0.3) is 33.2 Å². The van der Waals surface area contributed by atoms with Crippen LogP contribution in [0.5, 0.6) is 23.0 Å². The van der Waals surface area contributed by atoms with E-state index in [1.807, 2.05) is 40.0 Å². The number of nitrogens with zero attached hydrogens (tertiary/aromatic N) is 9. The predicted molar refractivity (Wildman–Crippen MR) is 465 cm³/mol. The highest BCUT2D eigenvalue weighted by Gasteiger charge is 2.43. The number of carbonyl (C=O) groups is 2. The Morgan fingerprint density at radius 2 is 1.15 bits per heavy atom. The highest BCUT2D eigenvalue weighted by Crippen LogP contribution is 2.57. The minimum Gasteiger partial charge on any atom is -0.455 e. The number of rotatable bonds is 25. The van der Waals surface area contributed by atoms with Gasteiger partial charge in [-0.2, -0.15) is 0 Å². The number of carbonyl (C=O) groups excluding carboxylic acids is 2. The fourth-order valence-corrected chi connectivity index (χ4v) is 20.8. The molecule has 2 saturated carbocycles. The Bertz CT molecular complexity index is 5950. The van der Waals surface area contributed by atoms with Crippen molar-refractivity contribution in [2.45, 2.75) is 125 Å². The van der Waals surface area contributed by atoms with Crippen LogP contribution >= 0.6 is 23.2 Å². The number of sulfonamides is 2. The summed E-state index contributed by atoms with van der Waals surface area (Å²) in [5.74, 6) is -2.48. The Morgan fingerprint density at radius 3 is 1.68 bits per heavy atom. The first-order valence-corrected chi connectivity index (χ1v) is 45.8. The SMILES string of the molecule is O=C(NS(=O)(=O)c1cc([N+](=O)[O-])n(CC2CCOCC2)c1)c1ccc(N2CCN(CC3=C(c4ccc(Cl)cc4)CC4(CCC4)CC3)CC2)cc1Oc1cnc2[nH]ccc2c1.O=C(NS(=O)(=O)c1ccc(CC[C@H]2COCCO2)c([N+](=O)[O-])c1)c1cc(F)c(N2CCN(CC3=C(c4ccc(Cl)cc4)CC4(CCC4)CC3)CC2)cc1Oc1cnc2[nH]ccc2c1. The van der Waals surface area contributed by atoms with Crippen LogP contribution in [0.2, 0.25) is 10.0 Å². The fourth-order valence-electron chi connectivity index (χ4n) is 18.6. The van der Waals surface area contributed by atoms with Gasteiger partial charge in [0, 0.05) is 147 Å². The second kappa shape index (κ2) is 36.3. The maximum Gasteiger partial charge on any atom is 0.324 e. The Balaban J connectivity index is 0.000000175. The zero-order valence-corrected chi connectivity index (χ0v) is 71.0. The van der Waals surface area contributed by atoms with Crippen LogP contribution in [0.3, 0.4) is 0 Å². The molecule has 4 N–H and O–H groups in total. The molecule has 2 spiro atoms. The number of piperazine rings is 2. The van der Waals surface area contributed by atoms with Crippen LogP contribution in [-0.2, 0) is 47.2 Å². The molecule has 6 fully saturated rings. The molecule has 9 heterocycles. The molecule has 4 aliphatic heterocycles. The predicted octanol–water partition coefficient (Wildman–Crippen LogP) is 16.6. The Morgan fingerprint density at radius 1 is 0.593 bits per heavy atom. The number of aryl methyl sites for hydroxylation is 1. The number of hydrogen-bond acceptors (Lipinski definition) is 21. The molecular weight excluding hydrogens is 1660 g/mol. The van der Waals surface area contributed by atoms with Crippen LogP contribution in [0.15, 0.2) is 179 Å². The van der Waals surface area contributed by atoms with Gasteiger partial charge in [-0.15, -0.1) is 0 Å². The normalized spacial score (nSPS) is 19.0. The Kier molecular flexibility index (Phi) is 25.0. The van der Waals surface area contributed by atoms with Gasteiger partial charge in [-0.05, 0) is 201 Å². The van der Waals surface area contributed by atoms with Crippen LogP contribution in [0.4, 0.5) is 27.3 Å². The topological polar surface area (TPSA) is 334 Å². The second-order valence-corrected chi connectivity index (χ2v) is 37.9. The highest BCUT2D eigenvalue weighted by atomic mass is 35.5. The van der Waals surface area contributed by atoms with Gasteiger partial charge in [0.2, 0.25) is 0 Å². The maximum absolute atomic E-state index is 16.3. The van der Waals surface area contributed by atoms with Crippen LogP contribution < -0.4 is 28.7 Å². The molecule has 5 aromatic carbocycles. The summed E-state index contributed by atoms with van der Waals surface area (Å²) in [6.45, 7) is 9.84. The monoisotopic (exact) mass is 1750 g/mol. The third-order valence-corrected chi connectivity index (χ3v) is 29.0. The summed E-state index contributed by atoms with van der Waals surface area (Å²) in [6.07, 6.45) is 24.1. The first kappa shape index (κ1) is 84.6. The van der Waals surface area contributed by atoms with Crippen molar-refractivity contribution >= 4 is 111 Å². The summed E-state index contributed by atoms with van der Waals surface area (Å²) in [4.78, 5) is 73.6. The number of halogens is 3. The molecule has 0 bridgehead atoms. The summed E-state index contributed by atoms with van der Waals surface area (Å²) < 4.78 is 105. The van der Waals surface area contributed by atoms with E-state index in [1.165, 1.54) is 126 Å². The van der Waals surface area contributed by atoms with E-state index in [-0.39, 0.29) is 64.2 Å². The molecule has 1 atom stereocenters. The number of anilines is 2. The van der Waals surface area contributed by atoms with E-state index in [0.717, 1.165) is 105 Å².